The number of carbonyl (C=O) groups excluding carboxylic acids is 1. The van der Waals surface area contributed by atoms with Crippen molar-refractivity contribution in [2.75, 3.05) is 13.2 Å². The van der Waals surface area contributed by atoms with Gasteiger partial charge < -0.3 is 9.84 Å². The van der Waals surface area contributed by atoms with Crippen LogP contribution in [-0.4, -0.2) is 41.3 Å². The second-order valence-corrected chi connectivity index (χ2v) is 3.50. The van der Waals surface area contributed by atoms with Gasteiger partial charge in [0.2, 0.25) is 0 Å². The van der Waals surface area contributed by atoms with Crippen molar-refractivity contribution in [1.82, 2.24) is 4.90 Å². The molecule has 5 nitrogen and oxygen atoms in total. The van der Waals surface area contributed by atoms with Gasteiger partial charge in [-0.1, -0.05) is 24.3 Å². The average Bonchev–Trinajstić information content (AvgIpc) is 2.70. The number of ether oxygens (including phenoxy) is 1. The molecule has 1 aliphatic rings. The highest BCUT2D eigenvalue weighted by atomic mass is 16.6. The maximum Gasteiger partial charge on any atom is 0.411 e. The summed E-state index contributed by atoms with van der Waals surface area (Å²) in [5.74, 6) is -1.01. The first kappa shape index (κ1) is 12.3. The highest BCUT2D eigenvalue weighted by Crippen LogP contribution is 2.23. The Bertz CT molecular complexity index is 335. The third kappa shape index (κ3) is 2.62. The molecule has 0 aromatic rings. The van der Waals surface area contributed by atoms with Crippen molar-refractivity contribution in [2.24, 2.45) is 0 Å². The van der Waals surface area contributed by atoms with Gasteiger partial charge in [0.25, 0.3) is 0 Å². The summed E-state index contributed by atoms with van der Waals surface area (Å²) in [5.41, 5.74) is 0.933. The van der Waals surface area contributed by atoms with Gasteiger partial charge in [-0.15, -0.1) is 0 Å². The SMILES string of the molecule is C=CCOC(=O)N1CC(=CC)CC1C(=O)O. The molecule has 1 amide bonds. The van der Waals surface area contributed by atoms with Crippen LogP contribution in [0.4, 0.5) is 4.79 Å². The fourth-order valence-electron chi connectivity index (χ4n) is 1.59. The summed E-state index contributed by atoms with van der Waals surface area (Å²) in [6, 6.07) is -0.816. The molecule has 1 unspecified atom stereocenters. The number of rotatable bonds is 3. The van der Waals surface area contributed by atoms with Crippen molar-refractivity contribution in [2.45, 2.75) is 19.4 Å². The predicted molar refractivity (Wildman–Crippen MR) is 58.0 cm³/mol. The smallest absolute Gasteiger partial charge is 0.411 e. The number of aliphatic carboxylic acids is 1. The number of allylic oxidation sites excluding steroid dienone is 1. The van der Waals surface area contributed by atoms with Gasteiger partial charge in [-0.25, -0.2) is 9.59 Å². The Labute approximate surface area is 94.0 Å². The van der Waals surface area contributed by atoms with Crippen molar-refractivity contribution in [1.29, 1.82) is 0 Å². The Morgan fingerprint density at radius 2 is 2.38 bits per heavy atom. The van der Waals surface area contributed by atoms with E-state index in [-0.39, 0.29) is 6.61 Å². The summed E-state index contributed by atoms with van der Waals surface area (Å²) in [5, 5.41) is 8.97. The van der Waals surface area contributed by atoms with Gasteiger partial charge >= 0.3 is 12.1 Å². The molecule has 1 aliphatic heterocycles. The fraction of sp³-hybridized carbons (Fsp3) is 0.455. The van der Waals surface area contributed by atoms with E-state index in [1.807, 2.05) is 13.0 Å². The zero-order valence-electron chi connectivity index (χ0n) is 9.18. The Kier molecular flexibility index (Phi) is 4.10. The first-order valence-corrected chi connectivity index (χ1v) is 5.01. The van der Waals surface area contributed by atoms with E-state index >= 15 is 0 Å². The molecular formula is C11H15NO4. The normalized spacial score (nSPS) is 22.2. The maximum atomic E-state index is 11.5. The number of hydrogen-bond acceptors (Lipinski definition) is 3. The monoisotopic (exact) mass is 225 g/mol. The molecule has 0 aliphatic carbocycles. The Balaban J connectivity index is 2.72. The molecule has 0 aromatic carbocycles. The van der Waals surface area contributed by atoms with Crippen LogP contribution in [0.15, 0.2) is 24.3 Å². The van der Waals surface area contributed by atoms with Gasteiger partial charge in [0, 0.05) is 13.0 Å². The molecular weight excluding hydrogens is 210 g/mol. The Hall–Kier alpha value is -1.78. The van der Waals surface area contributed by atoms with Gasteiger partial charge in [0.1, 0.15) is 12.6 Å². The van der Waals surface area contributed by atoms with Crippen LogP contribution in [0.3, 0.4) is 0 Å². The molecule has 1 rings (SSSR count). The third-order valence-corrected chi connectivity index (χ3v) is 2.46. The van der Waals surface area contributed by atoms with Gasteiger partial charge in [-0.3, -0.25) is 4.90 Å². The van der Waals surface area contributed by atoms with Crippen molar-refractivity contribution >= 4 is 12.1 Å². The molecule has 1 N–H and O–H groups in total. The zero-order valence-corrected chi connectivity index (χ0v) is 9.18. The largest absolute Gasteiger partial charge is 0.480 e. The molecule has 1 atom stereocenters. The minimum absolute atomic E-state index is 0.0901. The molecule has 0 aromatic heterocycles. The van der Waals surface area contributed by atoms with E-state index in [2.05, 4.69) is 6.58 Å². The van der Waals surface area contributed by atoms with E-state index in [1.54, 1.807) is 0 Å². The van der Waals surface area contributed by atoms with Crippen LogP contribution in [0.5, 0.6) is 0 Å². The molecule has 88 valence electrons. The summed E-state index contributed by atoms with van der Waals surface area (Å²) in [7, 11) is 0. The topological polar surface area (TPSA) is 66.8 Å². The van der Waals surface area contributed by atoms with Crippen molar-refractivity contribution in [3.8, 4) is 0 Å². The fourth-order valence-corrected chi connectivity index (χ4v) is 1.59. The van der Waals surface area contributed by atoms with Crippen molar-refractivity contribution < 1.29 is 19.4 Å². The first-order valence-electron chi connectivity index (χ1n) is 5.01. The maximum absolute atomic E-state index is 11.5. The van der Waals surface area contributed by atoms with Gasteiger partial charge in [0.15, 0.2) is 0 Å². The Morgan fingerprint density at radius 3 is 2.88 bits per heavy atom. The van der Waals surface area contributed by atoms with E-state index in [0.717, 1.165) is 5.57 Å². The van der Waals surface area contributed by atoms with E-state index < -0.39 is 18.1 Å². The molecule has 0 radical (unpaired) electrons. The summed E-state index contributed by atoms with van der Waals surface area (Å²) >= 11 is 0. The van der Waals surface area contributed by atoms with Crippen LogP contribution >= 0.6 is 0 Å². The molecule has 5 heteroatoms. The van der Waals surface area contributed by atoms with E-state index in [4.69, 9.17) is 9.84 Å². The molecule has 1 saturated heterocycles. The molecule has 0 spiro atoms. The molecule has 0 bridgehead atoms. The number of carboxylic acids is 1. The minimum atomic E-state index is -1.01. The lowest BCUT2D eigenvalue weighted by atomic mass is 10.1. The second-order valence-electron chi connectivity index (χ2n) is 3.50. The van der Waals surface area contributed by atoms with Crippen LogP contribution in [-0.2, 0) is 9.53 Å². The van der Waals surface area contributed by atoms with Gasteiger partial charge in [-0.2, -0.15) is 0 Å². The van der Waals surface area contributed by atoms with E-state index in [1.165, 1.54) is 11.0 Å². The van der Waals surface area contributed by atoms with Gasteiger partial charge in [-0.05, 0) is 6.92 Å². The van der Waals surface area contributed by atoms with E-state index in [9.17, 15) is 9.59 Å². The van der Waals surface area contributed by atoms with Gasteiger partial charge in [0.05, 0.1) is 0 Å². The Morgan fingerprint density at radius 1 is 1.69 bits per heavy atom. The van der Waals surface area contributed by atoms with Crippen LogP contribution in [0.25, 0.3) is 0 Å². The summed E-state index contributed by atoms with van der Waals surface area (Å²) in [6.07, 6.45) is 3.04. The lowest BCUT2D eigenvalue weighted by molar-refractivity contribution is -0.141. The third-order valence-electron chi connectivity index (χ3n) is 2.46. The van der Waals surface area contributed by atoms with Crippen LogP contribution in [0, 0.1) is 0 Å². The quantitative estimate of drug-likeness (QED) is 0.737. The number of nitrogens with zero attached hydrogens (tertiary/aromatic N) is 1. The highest BCUT2D eigenvalue weighted by Gasteiger charge is 2.37. The zero-order chi connectivity index (χ0) is 12.1. The summed E-state index contributed by atoms with van der Waals surface area (Å²) in [4.78, 5) is 23.7. The van der Waals surface area contributed by atoms with Crippen LogP contribution < -0.4 is 0 Å². The lowest BCUT2D eigenvalue weighted by Crippen LogP contribution is -2.40. The highest BCUT2D eigenvalue weighted by molar-refractivity contribution is 5.81. The number of hydrogen-bond donors (Lipinski definition) is 1. The van der Waals surface area contributed by atoms with Crippen LogP contribution in [0.1, 0.15) is 13.3 Å². The van der Waals surface area contributed by atoms with Crippen molar-refractivity contribution in [3.63, 3.8) is 0 Å². The number of likely N-dealkylation sites (tertiary alicyclic amines) is 1. The summed E-state index contributed by atoms with van der Waals surface area (Å²) < 4.78 is 4.83. The van der Waals surface area contributed by atoms with Crippen LogP contribution in [0.2, 0.25) is 0 Å². The van der Waals surface area contributed by atoms with E-state index in [0.29, 0.717) is 13.0 Å². The molecule has 0 saturated carbocycles. The molecule has 1 fully saturated rings. The first-order chi connectivity index (χ1) is 7.60. The number of amides is 1. The minimum Gasteiger partial charge on any atom is -0.480 e. The van der Waals surface area contributed by atoms with Crippen molar-refractivity contribution in [3.05, 3.63) is 24.3 Å². The standard InChI is InChI=1S/C11H15NO4/c1-3-5-16-11(15)12-7-8(4-2)6-9(12)10(13)14/h3-4,9H,1,5-7H2,2H3,(H,13,14). The molecule has 1 heterocycles. The number of carbonyl (C=O) groups is 2. The number of carboxylic acid groups (broad SMARTS) is 1. The second kappa shape index (κ2) is 5.34. The summed E-state index contributed by atoms with van der Waals surface area (Å²) in [6.45, 7) is 5.66. The average molecular weight is 225 g/mol. The molecule has 16 heavy (non-hydrogen) atoms. The predicted octanol–water partition coefficient (Wildman–Crippen LogP) is 1.41. The lowest BCUT2D eigenvalue weighted by Gasteiger charge is -2.19.